The Morgan fingerprint density at radius 3 is 1.62 bits per heavy atom. The van der Waals surface area contributed by atoms with Crippen molar-refractivity contribution < 1.29 is 18.4 Å². The highest BCUT2D eigenvalue weighted by Gasteiger charge is 2.32. The van der Waals surface area contributed by atoms with Gasteiger partial charge in [-0.15, -0.1) is 23.5 Å². The molecule has 37 heavy (non-hydrogen) atoms. The number of hydrogen-bond acceptors (Lipinski definition) is 6. The predicted octanol–water partition coefficient (Wildman–Crippen LogP) is 6.74. The van der Waals surface area contributed by atoms with Gasteiger partial charge >= 0.3 is 0 Å². The maximum Gasteiger partial charge on any atom is 0.224 e. The van der Waals surface area contributed by atoms with E-state index < -0.39 is 0 Å². The van der Waals surface area contributed by atoms with Crippen molar-refractivity contribution in [2.45, 2.75) is 43.9 Å². The Hall–Kier alpha value is -2.84. The van der Waals surface area contributed by atoms with Crippen LogP contribution in [0.2, 0.25) is 0 Å². The second-order valence-corrected chi connectivity index (χ2v) is 11.9. The molecule has 192 valence electrons. The number of hydrogen-bond donors (Lipinski definition) is 0. The van der Waals surface area contributed by atoms with Crippen LogP contribution in [-0.4, -0.2) is 46.2 Å². The summed E-state index contributed by atoms with van der Waals surface area (Å²) in [6.07, 6.45) is 1.98. The van der Waals surface area contributed by atoms with Gasteiger partial charge in [0.15, 0.2) is 0 Å². The number of rotatable bonds is 6. The maximum absolute atomic E-state index is 12.4. The van der Waals surface area contributed by atoms with Gasteiger partial charge in [0.2, 0.25) is 11.8 Å². The van der Waals surface area contributed by atoms with Crippen LogP contribution >= 0.6 is 23.5 Å². The minimum Gasteiger partial charge on any atom is -0.458 e. The lowest BCUT2D eigenvalue weighted by molar-refractivity contribution is -0.132. The zero-order valence-corrected chi connectivity index (χ0v) is 22.7. The van der Waals surface area contributed by atoms with Crippen molar-refractivity contribution in [2.75, 3.05) is 24.6 Å². The summed E-state index contributed by atoms with van der Waals surface area (Å²) in [4.78, 5) is 28.5. The summed E-state index contributed by atoms with van der Waals surface area (Å²) < 4.78 is 12.4. The third-order valence-corrected chi connectivity index (χ3v) is 9.65. The molecular weight excluding hydrogens is 504 g/mol. The van der Waals surface area contributed by atoms with Crippen molar-refractivity contribution in [1.82, 2.24) is 9.80 Å². The van der Waals surface area contributed by atoms with Crippen LogP contribution < -0.4 is 0 Å². The minimum absolute atomic E-state index is 0.0546. The third-order valence-electron chi connectivity index (χ3n) is 7.17. The molecule has 2 saturated heterocycles. The Labute approximate surface area is 224 Å². The molecule has 6 nitrogen and oxygen atoms in total. The molecule has 0 N–H and O–H groups in total. The molecule has 4 heterocycles. The van der Waals surface area contributed by atoms with Crippen molar-refractivity contribution in [1.29, 1.82) is 0 Å². The van der Waals surface area contributed by atoms with Gasteiger partial charge in [0.1, 0.15) is 33.4 Å². The second-order valence-electron chi connectivity index (χ2n) is 9.52. The largest absolute Gasteiger partial charge is 0.458 e. The highest BCUT2D eigenvalue weighted by Crippen LogP contribution is 2.41. The number of furan rings is 2. The van der Waals surface area contributed by atoms with Crippen LogP contribution in [0.3, 0.4) is 0 Å². The van der Waals surface area contributed by atoms with Gasteiger partial charge in [-0.05, 0) is 67.8 Å². The first-order valence-electron chi connectivity index (χ1n) is 12.9. The zero-order valence-electron chi connectivity index (χ0n) is 21.1. The number of carbonyl (C=O) groups is 2. The molecule has 2 fully saturated rings. The maximum atomic E-state index is 12.4. The van der Waals surface area contributed by atoms with Gasteiger partial charge < -0.3 is 18.6 Å². The molecular formula is C29H30N2O4S2. The molecule has 2 atom stereocenters. The molecule has 8 heteroatoms. The first-order chi connectivity index (χ1) is 18.0. The molecule has 0 saturated carbocycles. The topological polar surface area (TPSA) is 66.9 Å². The lowest BCUT2D eigenvalue weighted by atomic mass is 10.0. The SMILES string of the molecule is CCN1C(=O)CCSC1c1cc2cc(Cc3ccc4oc(C5SCCC(=O)N5CC)cc4c3)ccc2o1. The summed E-state index contributed by atoms with van der Waals surface area (Å²) in [5.74, 6) is 3.74. The van der Waals surface area contributed by atoms with E-state index in [0.29, 0.717) is 25.9 Å². The van der Waals surface area contributed by atoms with Crippen molar-refractivity contribution in [3.05, 3.63) is 71.2 Å². The van der Waals surface area contributed by atoms with E-state index in [1.54, 1.807) is 23.5 Å². The average Bonchev–Trinajstić information content (AvgIpc) is 3.52. The van der Waals surface area contributed by atoms with E-state index in [1.165, 1.54) is 11.1 Å². The Morgan fingerprint density at radius 2 is 1.19 bits per heavy atom. The van der Waals surface area contributed by atoms with Crippen LogP contribution in [0.1, 0.15) is 60.1 Å². The molecule has 6 rings (SSSR count). The number of benzene rings is 2. The summed E-state index contributed by atoms with van der Waals surface area (Å²) in [5, 5.41) is 2.02. The Morgan fingerprint density at radius 1 is 0.730 bits per heavy atom. The first-order valence-corrected chi connectivity index (χ1v) is 15.0. The van der Waals surface area contributed by atoms with Gasteiger partial charge in [0.05, 0.1) is 0 Å². The zero-order chi connectivity index (χ0) is 25.5. The number of nitrogens with zero attached hydrogens (tertiary/aromatic N) is 2. The van der Waals surface area contributed by atoms with Crippen LogP contribution in [0.25, 0.3) is 21.9 Å². The van der Waals surface area contributed by atoms with Gasteiger partial charge in [-0.3, -0.25) is 9.59 Å². The van der Waals surface area contributed by atoms with E-state index in [-0.39, 0.29) is 22.6 Å². The van der Waals surface area contributed by atoms with Crippen molar-refractivity contribution >= 4 is 57.3 Å². The predicted molar refractivity (Wildman–Crippen MR) is 150 cm³/mol. The van der Waals surface area contributed by atoms with Gasteiger partial charge in [-0.25, -0.2) is 0 Å². The average molecular weight is 535 g/mol. The van der Waals surface area contributed by atoms with E-state index in [1.807, 2.05) is 35.8 Å². The fraction of sp³-hybridized carbons (Fsp3) is 0.379. The van der Waals surface area contributed by atoms with Crippen molar-refractivity contribution in [3.8, 4) is 0 Å². The quantitative estimate of drug-likeness (QED) is 0.273. The van der Waals surface area contributed by atoms with E-state index in [2.05, 4.69) is 36.4 Å². The molecule has 2 aromatic carbocycles. The van der Waals surface area contributed by atoms with Crippen LogP contribution in [0.5, 0.6) is 0 Å². The lowest BCUT2D eigenvalue weighted by Crippen LogP contribution is -2.36. The number of thioether (sulfide) groups is 2. The van der Waals surface area contributed by atoms with E-state index >= 15 is 0 Å². The molecule has 0 aliphatic carbocycles. The molecule has 0 bridgehead atoms. The summed E-state index contributed by atoms with van der Waals surface area (Å²) in [5.41, 5.74) is 4.10. The van der Waals surface area contributed by atoms with Crippen molar-refractivity contribution in [2.24, 2.45) is 0 Å². The van der Waals surface area contributed by atoms with E-state index in [4.69, 9.17) is 8.83 Å². The Bertz CT molecular complexity index is 1370. The van der Waals surface area contributed by atoms with Crippen molar-refractivity contribution in [3.63, 3.8) is 0 Å². The van der Waals surface area contributed by atoms with Gasteiger partial charge in [0, 0.05) is 48.2 Å². The normalized spacial score (nSPS) is 20.9. The number of carbonyl (C=O) groups excluding carboxylic acids is 2. The molecule has 0 spiro atoms. The molecule has 2 aromatic heterocycles. The summed E-state index contributed by atoms with van der Waals surface area (Å²) in [6, 6.07) is 16.8. The highest BCUT2D eigenvalue weighted by atomic mass is 32.2. The highest BCUT2D eigenvalue weighted by molar-refractivity contribution is 7.99. The Balaban J connectivity index is 1.23. The van der Waals surface area contributed by atoms with Gasteiger partial charge in [0.25, 0.3) is 0 Å². The van der Waals surface area contributed by atoms with E-state index in [0.717, 1.165) is 51.4 Å². The van der Waals surface area contributed by atoms with Gasteiger partial charge in [-0.1, -0.05) is 12.1 Å². The molecule has 2 unspecified atom stereocenters. The molecule has 2 aliphatic heterocycles. The van der Waals surface area contributed by atoms with Gasteiger partial charge in [-0.2, -0.15) is 0 Å². The Kier molecular flexibility index (Phi) is 6.71. The monoisotopic (exact) mass is 534 g/mol. The lowest BCUT2D eigenvalue weighted by Gasteiger charge is -2.32. The fourth-order valence-corrected chi connectivity index (χ4v) is 7.81. The number of fused-ring (bicyclic) bond motifs is 2. The summed E-state index contributed by atoms with van der Waals surface area (Å²) in [7, 11) is 0. The standard InChI is InChI=1S/C29H30N2O4S2/c1-3-30-26(32)9-11-36-28(30)24-16-20-14-18(5-7-22(20)34-24)13-19-6-8-23-21(15-19)17-25(35-23)29-31(4-2)27(33)10-12-37-29/h5-8,14-17,28-29H,3-4,9-13H2,1-2H3. The second kappa shape index (κ2) is 10.1. The molecule has 4 aromatic rings. The van der Waals surface area contributed by atoms with Crippen LogP contribution in [0.15, 0.2) is 57.4 Å². The van der Waals surface area contributed by atoms with Crippen LogP contribution in [0.4, 0.5) is 0 Å². The summed E-state index contributed by atoms with van der Waals surface area (Å²) in [6.45, 7) is 5.40. The van der Waals surface area contributed by atoms with Crippen LogP contribution in [-0.2, 0) is 16.0 Å². The molecule has 2 amide bonds. The smallest absolute Gasteiger partial charge is 0.224 e. The molecule has 0 radical (unpaired) electrons. The fourth-order valence-electron chi connectivity index (χ4n) is 5.33. The minimum atomic E-state index is -0.0546. The van der Waals surface area contributed by atoms with Crippen LogP contribution in [0, 0.1) is 0 Å². The third kappa shape index (κ3) is 4.66. The first kappa shape index (κ1) is 24.5. The van der Waals surface area contributed by atoms with E-state index in [9.17, 15) is 9.59 Å². The molecule has 2 aliphatic rings. The number of amides is 2. The summed E-state index contributed by atoms with van der Waals surface area (Å²) >= 11 is 3.54.